The lowest BCUT2D eigenvalue weighted by Crippen LogP contribution is -2.13. The number of benzene rings is 2. The largest absolute Gasteiger partial charge is 0.320 e. The van der Waals surface area contributed by atoms with Gasteiger partial charge in [-0.25, -0.2) is 4.39 Å². The van der Waals surface area contributed by atoms with Crippen molar-refractivity contribution >= 4 is 38.4 Å². The molecular weight excluding hydrogens is 325 g/mol. The third kappa shape index (κ3) is 2.30. The summed E-state index contributed by atoms with van der Waals surface area (Å²) < 4.78 is 13.4. The van der Waals surface area contributed by atoms with Crippen molar-refractivity contribution in [3.8, 4) is 0 Å². The molecule has 0 aliphatic carbocycles. The van der Waals surface area contributed by atoms with Crippen molar-refractivity contribution in [1.29, 1.82) is 0 Å². The lowest BCUT2D eigenvalue weighted by molar-refractivity contribution is 0.102. The van der Waals surface area contributed by atoms with Gasteiger partial charge in [0.25, 0.3) is 5.91 Å². The molecule has 100 valence electrons. The summed E-state index contributed by atoms with van der Waals surface area (Å²) in [5.41, 5.74) is 1.74. The normalized spacial score (nSPS) is 10.7. The summed E-state index contributed by atoms with van der Waals surface area (Å²) in [4.78, 5) is 12.2. The van der Waals surface area contributed by atoms with Crippen molar-refractivity contribution in [1.82, 2.24) is 10.2 Å². The summed E-state index contributed by atoms with van der Waals surface area (Å²) in [5.74, 6) is -0.719. The van der Waals surface area contributed by atoms with Gasteiger partial charge in [-0.05, 0) is 40.2 Å². The summed E-state index contributed by atoms with van der Waals surface area (Å²) in [7, 11) is 0. The maximum absolute atomic E-state index is 13.0. The van der Waals surface area contributed by atoms with Crippen LogP contribution in [0.1, 0.15) is 10.4 Å². The molecule has 3 aromatic rings. The van der Waals surface area contributed by atoms with E-state index in [4.69, 9.17) is 0 Å². The number of aromatic nitrogens is 2. The second-order valence-electron chi connectivity index (χ2n) is 4.22. The second-order valence-corrected chi connectivity index (χ2v) is 5.07. The number of nitrogens with zero attached hydrogens (tertiary/aromatic N) is 1. The highest BCUT2D eigenvalue weighted by Gasteiger charge is 2.12. The van der Waals surface area contributed by atoms with E-state index in [1.807, 2.05) is 12.1 Å². The molecule has 0 aliphatic heterocycles. The van der Waals surface area contributed by atoms with Gasteiger partial charge >= 0.3 is 0 Å². The first kappa shape index (κ1) is 12.8. The second kappa shape index (κ2) is 5.05. The molecule has 1 amide bonds. The van der Waals surface area contributed by atoms with Crippen molar-refractivity contribution in [2.75, 3.05) is 5.32 Å². The molecule has 0 saturated carbocycles. The fourth-order valence-electron chi connectivity index (χ4n) is 1.94. The number of hydrogen-bond acceptors (Lipinski definition) is 2. The average Bonchev–Trinajstić information content (AvgIpc) is 2.87. The van der Waals surface area contributed by atoms with E-state index in [0.29, 0.717) is 15.7 Å². The van der Waals surface area contributed by atoms with Crippen LogP contribution in [0.3, 0.4) is 0 Å². The van der Waals surface area contributed by atoms with E-state index in [1.54, 1.807) is 12.3 Å². The summed E-state index contributed by atoms with van der Waals surface area (Å²) in [5, 5.41) is 10.5. The lowest BCUT2D eigenvalue weighted by Gasteiger charge is -2.07. The molecule has 0 fully saturated rings. The smallest absolute Gasteiger partial charge is 0.256 e. The highest BCUT2D eigenvalue weighted by molar-refractivity contribution is 9.10. The number of H-pyrrole nitrogens is 1. The molecule has 0 unspecified atom stereocenters. The van der Waals surface area contributed by atoms with Crippen LogP contribution in [0.5, 0.6) is 0 Å². The highest BCUT2D eigenvalue weighted by atomic mass is 79.9. The van der Waals surface area contributed by atoms with Crippen LogP contribution in [0.15, 0.2) is 47.1 Å². The number of nitrogens with one attached hydrogen (secondary N) is 2. The quantitative estimate of drug-likeness (QED) is 0.750. The molecular formula is C14H9BrFN3O. The standard InChI is InChI=1S/C14H9BrFN3O/c15-11-6-9(16)4-5-10(11)14(20)18-12-3-1-2-8-7-17-19-13(8)12/h1-7H,(H,17,19)(H,18,20). The number of carbonyl (C=O) groups is 1. The fourth-order valence-corrected chi connectivity index (χ4v) is 2.47. The maximum atomic E-state index is 13.0. The van der Waals surface area contributed by atoms with Crippen molar-refractivity contribution < 1.29 is 9.18 Å². The Kier molecular flexibility index (Phi) is 3.23. The molecule has 0 bridgehead atoms. The SMILES string of the molecule is O=C(Nc1cccc2cn[nH]c12)c1ccc(F)cc1Br. The average molecular weight is 334 g/mol. The fraction of sp³-hybridized carbons (Fsp3) is 0. The van der Waals surface area contributed by atoms with Crippen molar-refractivity contribution in [3.63, 3.8) is 0 Å². The number of hydrogen-bond donors (Lipinski definition) is 2. The minimum Gasteiger partial charge on any atom is -0.320 e. The number of rotatable bonds is 2. The van der Waals surface area contributed by atoms with Gasteiger partial charge < -0.3 is 5.32 Å². The molecule has 3 rings (SSSR count). The predicted octanol–water partition coefficient (Wildman–Crippen LogP) is 3.72. The van der Waals surface area contributed by atoms with Crippen LogP contribution in [0.2, 0.25) is 0 Å². The van der Waals surface area contributed by atoms with Crippen molar-refractivity contribution in [2.24, 2.45) is 0 Å². The number of amides is 1. The minimum atomic E-state index is -0.399. The molecule has 2 N–H and O–H groups in total. The molecule has 1 heterocycles. The lowest BCUT2D eigenvalue weighted by atomic mass is 10.2. The van der Waals surface area contributed by atoms with Crippen molar-refractivity contribution in [3.05, 3.63) is 58.4 Å². The van der Waals surface area contributed by atoms with E-state index in [9.17, 15) is 9.18 Å². The van der Waals surface area contributed by atoms with Gasteiger partial charge in [-0.2, -0.15) is 5.10 Å². The van der Waals surface area contributed by atoms with E-state index in [-0.39, 0.29) is 5.91 Å². The predicted molar refractivity (Wildman–Crippen MR) is 78.1 cm³/mol. The van der Waals surface area contributed by atoms with E-state index in [2.05, 4.69) is 31.4 Å². The molecule has 0 radical (unpaired) electrons. The van der Waals surface area contributed by atoms with Gasteiger partial charge in [0.1, 0.15) is 5.82 Å². The van der Waals surface area contributed by atoms with Crippen LogP contribution in [-0.2, 0) is 0 Å². The van der Waals surface area contributed by atoms with Gasteiger partial charge in [0.15, 0.2) is 0 Å². The summed E-state index contributed by atoms with van der Waals surface area (Å²) >= 11 is 3.18. The molecule has 1 aromatic heterocycles. The third-order valence-electron chi connectivity index (χ3n) is 2.90. The van der Waals surface area contributed by atoms with Gasteiger partial charge in [-0.15, -0.1) is 0 Å². The monoisotopic (exact) mass is 333 g/mol. The first-order chi connectivity index (χ1) is 9.65. The Morgan fingerprint density at radius 3 is 2.95 bits per heavy atom. The Labute approximate surface area is 122 Å². The van der Waals surface area contributed by atoms with E-state index >= 15 is 0 Å². The number of aromatic amines is 1. The number of anilines is 1. The zero-order valence-corrected chi connectivity index (χ0v) is 11.7. The molecule has 2 aromatic carbocycles. The Hall–Kier alpha value is -2.21. The summed E-state index contributed by atoms with van der Waals surface area (Å²) in [6.07, 6.45) is 1.68. The molecule has 0 aliphatic rings. The van der Waals surface area contributed by atoms with Gasteiger partial charge in [-0.1, -0.05) is 12.1 Å². The number of para-hydroxylation sites is 1. The molecule has 20 heavy (non-hydrogen) atoms. The van der Waals surface area contributed by atoms with E-state index in [0.717, 1.165) is 10.9 Å². The zero-order valence-electron chi connectivity index (χ0n) is 10.2. The van der Waals surface area contributed by atoms with Gasteiger partial charge in [-0.3, -0.25) is 9.89 Å². The van der Waals surface area contributed by atoms with Gasteiger partial charge in [0.05, 0.1) is 23.0 Å². The molecule has 0 saturated heterocycles. The number of halogens is 2. The number of fused-ring (bicyclic) bond motifs is 1. The topological polar surface area (TPSA) is 57.8 Å². The zero-order chi connectivity index (χ0) is 14.1. The first-order valence-electron chi connectivity index (χ1n) is 5.83. The Bertz CT molecular complexity index is 800. The maximum Gasteiger partial charge on any atom is 0.256 e. The van der Waals surface area contributed by atoms with Crippen LogP contribution in [-0.4, -0.2) is 16.1 Å². The Morgan fingerprint density at radius 2 is 2.15 bits per heavy atom. The third-order valence-corrected chi connectivity index (χ3v) is 3.56. The van der Waals surface area contributed by atoms with Crippen LogP contribution in [0.25, 0.3) is 10.9 Å². The highest BCUT2D eigenvalue weighted by Crippen LogP contribution is 2.23. The molecule has 4 nitrogen and oxygen atoms in total. The van der Waals surface area contributed by atoms with Gasteiger partial charge in [0, 0.05) is 9.86 Å². The summed E-state index contributed by atoms with van der Waals surface area (Å²) in [6, 6.07) is 9.43. The van der Waals surface area contributed by atoms with E-state index in [1.165, 1.54) is 18.2 Å². The van der Waals surface area contributed by atoms with Crippen LogP contribution >= 0.6 is 15.9 Å². The van der Waals surface area contributed by atoms with Crippen LogP contribution in [0.4, 0.5) is 10.1 Å². The van der Waals surface area contributed by atoms with Gasteiger partial charge in [0.2, 0.25) is 0 Å². The van der Waals surface area contributed by atoms with Crippen LogP contribution in [0, 0.1) is 5.82 Å². The number of carbonyl (C=O) groups excluding carboxylic acids is 1. The van der Waals surface area contributed by atoms with Crippen LogP contribution < -0.4 is 5.32 Å². The first-order valence-corrected chi connectivity index (χ1v) is 6.63. The minimum absolute atomic E-state index is 0.320. The van der Waals surface area contributed by atoms with E-state index < -0.39 is 5.82 Å². The van der Waals surface area contributed by atoms with Crippen molar-refractivity contribution in [2.45, 2.75) is 0 Å². The molecule has 6 heteroatoms. The Morgan fingerprint density at radius 1 is 1.30 bits per heavy atom. The molecule has 0 atom stereocenters. The Balaban J connectivity index is 1.94. The summed E-state index contributed by atoms with van der Waals surface area (Å²) in [6.45, 7) is 0. The molecule has 0 spiro atoms.